The molecule has 0 aromatic carbocycles. The van der Waals surface area contributed by atoms with Crippen molar-refractivity contribution >= 4 is 16.9 Å². The highest BCUT2D eigenvalue weighted by Crippen LogP contribution is 2.09. The van der Waals surface area contributed by atoms with Crippen LogP contribution in [0.2, 0.25) is 0 Å². The average Bonchev–Trinajstić information content (AvgIpc) is 2.19. The summed E-state index contributed by atoms with van der Waals surface area (Å²) in [5.41, 5.74) is 6.17. The van der Waals surface area contributed by atoms with Crippen molar-refractivity contribution in [3.05, 3.63) is 30.5 Å². The van der Waals surface area contributed by atoms with E-state index in [4.69, 9.17) is 5.73 Å². The lowest BCUT2D eigenvalue weighted by Crippen LogP contribution is -1.90. The maximum absolute atomic E-state index is 5.47. The van der Waals surface area contributed by atoms with E-state index in [1.165, 1.54) is 6.42 Å². The molecule has 0 radical (unpaired) electrons. The van der Waals surface area contributed by atoms with Gasteiger partial charge in [-0.05, 0) is 24.3 Å². The minimum atomic E-state index is 0.510. The molecule has 14 heavy (non-hydrogen) atoms. The van der Waals surface area contributed by atoms with Gasteiger partial charge >= 0.3 is 0 Å². The molecule has 0 saturated carbocycles. The number of nitrogens with two attached hydrogens (primary N) is 1. The fourth-order valence-corrected chi connectivity index (χ4v) is 0.968. The van der Waals surface area contributed by atoms with Crippen molar-refractivity contribution in [3.8, 4) is 0 Å². The van der Waals surface area contributed by atoms with Crippen LogP contribution in [0.1, 0.15) is 20.3 Å². The third kappa shape index (κ3) is 2.69. The zero-order valence-electron chi connectivity index (χ0n) is 8.57. The number of nitrogens with zero attached hydrogens (tertiary/aromatic N) is 2. The maximum atomic E-state index is 5.47. The van der Waals surface area contributed by atoms with Crippen molar-refractivity contribution in [2.24, 2.45) is 0 Å². The summed E-state index contributed by atoms with van der Waals surface area (Å²) in [6.07, 6.45) is 2.95. The number of pyridine rings is 2. The second-order valence-corrected chi connectivity index (χ2v) is 2.99. The molecule has 0 aliphatic carbocycles. The van der Waals surface area contributed by atoms with Gasteiger partial charge in [0.05, 0.1) is 0 Å². The van der Waals surface area contributed by atoms with Crippen molar-refractivity contribution in [2.75, 3.05) is 5.73 Å². The maximum Gasteiger partial charge on any atom is 0.161 e. The van der Waals surface area contributed by atoms with Crippen molar-refractivity contribution in [2.45, 2.75) is 20.3 Å². The van der Waals surface area contributed by atoms with Crippen LogP contribution in [0.5, 0.6) is 0 Å². The first-order chi connectivity index (χ1) is 6.77. The molecule has 3 nitrogen and oxygen atoms in total. The number of nitrogen functional groups attached to an aromatic ring is 1. The molecule has 0 amide bonds. The fourth-order valence-electron chi connectivity index (χ4n) is 0.968. The molecule has 0 fully saturated rings. The number of aromatic nitrogens is 2. The lowest BCUT2D eigenvalue weighted by molar-refractivity contribution is 1.09. The van der Waals surface area contributed by atoms with Crippen LogP contribution in [0.15, 0.2) is 30.5 Å². The monoisotopic (exact) mass is 189 g/mol. The van der Waals surface area contributed by atoms with Crippen LogP contribution in [-0.4, -0.2) is 9.97 Å². The zero-order valence-corrected chi connectivity index (χ0v) is 8.57. The van der Waals surface area contributed by atoms with Gasteiger partial charge in [-0.1, -0.05) is 20.3 Å². The second kappa shape index (κ2) is 5.17. The standard InChI is InChI=1S/C8H7N3.C3H8/c9-7-4-3-6-2-1-5-10-8(6)11-7;1-3-2/h1-5H,(H2,9,10,11);3H2,1-2H3. The Bertz CT molecular complexity index is 398. The largest absolute Gasteiger partial charge is 0.384 e. The van der Waals surface area contributed by atoms with Gasteiger partial charge in [0.2, 0.25) is 0 Å². The molecule has 2 rings (SSSR count). The lowest BCUT2D eigenvalue weighted by Gasteiger charge is -1.94. The minimum absolute atomic E-state index is 0.510. The van der Waals surface area contributed by atoms with Crippen LogP contribution >= 0.6 is 0 Å². The molecule has 0 bridgehead atoms. The Morgan fingerprint density at radius 1 is 1.21 bits per heavy atom. The number of rotatable bonds is 0. The number of hydrogen-bond donors (Lipinski definition) is 1. The van der Waals surface area contributed by atoms with Gasteiger partial charge in [-0.2, -0.15) is 0 Å². The topological polar surface area (TPSA) is 51.8 Å². The molecule has 2 aromatic heterocycles. The van der Waals surface area contributed by atoms with E-state index >= 15 is 0 Å². The Morgan fingerprint density at radius 3 is 2.64 bits per heavy atom. The Morgan fingerprint density at radius 2 is 1.93 bits per heavy atom. The summed E-state index contributed by atoms with van der Waals surface area (Å²) in [6.45, 7) is 4.25. The molecule has 0 aliphatic rings. The van der Waals surface area contributed by atoms with Crippen LogP contribution in [0, 0.1) is 0 Å². The average molecular weight is 189 g/mol. The fraction of sp³-hybridized carbons (Fsp3) is 0.273. The van der Waals surface area contributed by atoms with E-state index in [1.807, 2.05) is 18.2 Å². The molecule has 2 aromatic rings. The van der Waals surface area contributed by atoms with Gasteiger partial charge in [0, 0.05) is 11.6 Å². The van der Waals surface area contributed by atoms with E-state index in [2.05, 4.69) is 23.8 Å². The molecular weight excluding hydrogens is 174 g/mol. The summed E-state index contributed by atoms with van der Waals surface area (Å²) in [4.78, 5) is 8.09. The zero-order chi connectivity index (χ0) is 10.4. The van der Waals surface area contributed by atoms with Gasteiger partial charge in [-0.15, -0.1) is 0 Å². The summed E-state index contributed by atoms with van der Waals surface area (Å²) in [6, 6.07) is 7.50. The quantitative estimate of drug-likeness (QED) is 0.693. The third-order valence-corrected chi connectivity index (χ3v) is 1.49. The van der Waals surface area contributed by atoms with Gasteiger partial charge in [0.1, 0.15) is 5.82 Å². The molecule has 0 unspecified atom stereocenters. The van der Waals surface area contributed by atoms with E-state index in [0.29, 0.717) is 11.5 Å². The van der Waals surface area contributed by atoms with E-state index in [0.717, 1.165) is 5.39 Å². The lowest BCUT2D eigenvalue weighted by atomic mass is 10.3. The molecule has 2 N–H and O–H groups in total. The van der Waals surface area contributed by atoms with Gasteiger partial charge in [-0.3, -0.25) is 0 Å². The number of hydrogen-bond acceptors (Lipinski definition) is 3. The van der Waals surface area contributed by atoms with E-state index in [9.17, 15) is 0 Å². The minimum Gasteiger partial charge on any atom is -0.384 e. The molecule has 2 heterocycles. The van der Waals surface area contributed by atoms with E-state index < -0.39 is 0 Å². The Hall–Kier alpha value is -1.64. The van der Waals surface area contributed by atoms with Crippen LogP contribution < -0.4 is 5.73 Å². The predicted molar refractivity (Wildman–Crippen MR) is 59.9 cm³/mol. The second-order valence-electron chi connectivity index (χ2n) is 2.99. The van der Waals surface area contributed by atoms with Crippen LogP contribution in [0.4, 0.5) is 5.82 Å². The molecule has 0 spiro atoms. The first-order valence-electron chi connectivity index (χ1n) is 4.75. The van der Waals surface area contributed by atoms with Gasteiger partial charge in [0.15, 0.2) is 5.65 Å². The van der Waals surface area contributed by atoms with Crippen LogP contribution in [0.25, 0.3) is 11.0 Å². The van der Waals surface area contributed by atoms with Crippen LogP contribution in [-0.2, 0) is 0 Å². The van der Waals surface area contributed by atoms with Gasteiger partial charge < -0.3 is 5.73 Å². The summed E-state index contributed by atoms with van der Waals surface area (Å²) < 4.78 is 0. The molecule has 0 aliphatic heterocycles. The smallest absolute Gasteiger partial charge is 0.161 e. The number of anilines is 1. The summed E-state index contributed by atoms with van der Waals surface area (Å²) in [5.74, 6) is 0.510. The predicted octanol–water partition coefficient (Wildman–Crippen LogP) is 2.63. The van der Waals surface area contributed by atoms with Crippen molar-refractivity contribution in [3.63, 3.8) is 0 Å². The van der Waals surface area contributed by atoms with Crippen molar-refractivity contribution < 1.29 is 0 Å². The van der Waals surface area contributed by atoms with Gasteiger partial charge in [0.25, 0.3) is 0 Å². The molecule has 74 valence electrons. The van der Waals surface area contributed by atoms with E-state index in [-0.39, 0.29) is 0 Å². The van der Waals surface area contributed by atoms with E-state index in [1.54, 1.807) is 12.3 Å². The highest BCUT2D eigenvalue weighted by molar-refractivity contribution is 5.75. The molecule has 0 saturated heterocycles. The first-order valence-corrected chi connectivity index (χ1v) is 4.75. The normalized spacial score (nSPS) is 9.29. The van der Waals surface area contributed by atoms with Crippen LogP contribution in [0.3, 0.4) is 0 Å². The third-order valence-electron chi connectivity index (χ3n) is 1.49. The SMILES string of the molecule is CCC.Nc1ccc2cccnc2n1. The Balaban J connectivity index is 0.000000293. The Labute approximate surface area is 84.0 Å². The highest BCUT2D eigenvalue weighted by Gasteiger charge is 1.92. The highest BCUT2D eigenvalue weighted by atomic mass is 14.9. The molecular formula is C11H15N3. The van der Waals surface area contributed by atoms with Crippen molar-refractivity contribution in [1.82, 2.24) is 9.97 Å². The molecule has 3 heteroatoms. The summed E-state index contributed by atoms with van der Waals surface area (Å²) in [7, 11) is 0. The van der Waals surface area contributed by atoms with Crippen molar-refractivity contribution in [1.29, 1.82) is 0 Å². The first kappa shape index (κ1) is 10.4. The summed E-state index contributed by atoms with van der Waals surface area (Å²) in [5, 5.41) is 1.02. The Kier molecular flexibility index (Phi) is 3.85. The van der Waals surface area contributed by atoms with Gasteiger partial charge in [-0.25, -0.2) is 9.97 Å². The number of fused-ring (bicyclic) bond motifs is 1. The molecule has 0 atom stereocenters. The summed E-state index contributed by atoms with van der Waals surface area (Å²) >= 11 is 0.